The average molecular weight is 529 g/mol. The summed E-state index contributed by atoms with van der Waals surface area (Å²) in [6.45, 7) is 5.64. The van der Waals surface area contributed by atoms with E-state index in [1.807, 2.05) is 13.8 Å². The van der Waals surface area contributed by atoms with Crippen LogP contribution in [0.3, 0.4) is 0 Å². The molecule has 2 rings (SSSR count). The Morgan fingerprint density at radius 1 is 1.03 bits per heavy atom. The summed E-state index contributed by atoms with van der Waals surface area (Å²) in [4.78, 5) is 27.9. The van der Waals surface area contributed by atoms with E-state index in [0.717, 1.165) is 22.5 Å². The van der Waals surface area contributed by atoms with Crippen molar-refractivity contribution in [3.05, 3.63) is 63.6 Å². The van der Waals surface area contributed by atoms with Crippen LogP contribution < -0.4 is 9.62 Å². The van der Waals surface area contributed by atoms with Crippen molar-refractivity contribution in [2.45, 2.75) is 46.2 Å². The standard InChI is InChI=1S/C24H31Cl2N3O4S/c1-5-13-27-24(31)21(6-2)28(15-18-8-11-19(25)12-9-18)23(30)16-29(34(4,32)33)22-14-20(26)10-7-17(22)3/h7-12,14,21H,5-6,13,15-16H2,1-4H3,(H,27,31)/t21-/m0/s1. The predicted octanol–water partition coefficient (Wildman–Crippen LogP) is 4.40. The van der Waals surface area contributed by atoms with Crippen LogP contribution in [0.5, 0.6) is 0 Å². The largest absolute Gasteiger partial charge is 0.354 e. The number of hydrogen-bond acceptors (Lipinski definition) is 4. The summed E-state index contributed by atoms with van der Waals surface area (Å²) < 4.78 is 26.4. The van der Waals surface area contributed by atoms with Crippen molar-refractivity contribution in [1.29, 1.82) is 0 Å². The van der Waals surface area contributed by atoms with Crippen molar-refractivity contribution < 1.29 is 18.0 Å². The monoisotopic (exact) mass is 527 g/mol. The van der Waals surface area contributed by atoms with Gasteiger partial charge in [-0.1, -0.05) is 55.2 Å². The molecule has 186 valence electrons. The van der Waals surface area contributed by atoms with E-state index < -0.39 is 28.5 Å². The van der Waals surface area contributed by atoms with Crippen molar-refractivity contribution in [3.63, 3.8) is 0 Å². The van der Waals surface area contributed by atoms with Crippen molar-refractivity contribution in [2.75, 3.05) is 23.7 Å². The lowest BCUT2D eigenvalue weighted by Crippen LogP contribution is -2.52. The summed E-state index contributed by atoms with van der Waals surface area (Å²) in [7, 11) is -3.82. The molecule has 0 spiro atoms. The van der Waals surface area contributed by atoms with Crippen LogP contribution in [-0.2, 0) is 26.2 Å². The number of sulfonamides is 1. The summed E-state index contributed by atoms with van der Waals surface area (Å²) >= 11 is 12.1. The molecule has 1 atom stereocenters. The second kappa shape index (κ2) is 12.4. The number of anilines is 1. The number of amides is 2. The van der Waals surface area contributed by atoms with E-state index in [9.17, 15) is 18.0 Å². The number of carbonyl (C=O) groups excluding carboxylic acids is 2. The minimum absolute atomic E-state index is 0.125. The molecule has 0 heterocycles. The molecular formula is C24H31Cl2N3O4S. The molecule has 2 aromatic carbocycles. The minimum atomic E-state index is -3.82. The fourth-order valence-electron chi connectivity index (χ4n) is 3.52. The average Bonchev–Trinajstić information content (AvgIpc) is 2.78. The maximum absolute atomic E-state index is 13.6. The first-order valence-corrected chi connectivity index (χ1v) is 13.6. The molecule has 1 N–H and O–H groups in total. The summed E-state index contributed by atoms with van der Waals surface area (Å²) in [5.41, 5.74) is 1.74. The van der Waals surface area contributed by atoms with E-state index in [-0.39, 0.29) is 12.5 Å². The summed E-state index contributed by atoms with van der Waals surface area (Å²) in [5.74, 6) is -0.783. The SMILES string of the molecule is CCCNC(=O)[C@H](CC)N(Cc1ccc(Cl)cc1)C(=O)CN(c1cc(Cl)ccc1C)S(C)(=O)=O. The van der Waals surface area contributed by atoms with Crippen LogP contribution in [0.25, 0.3) is 0 Å². The van der Waals surface area contributed by atoms with Crippen LogP contribution in [-0.4, -0.2) is 50.5 Å². The lowest BCUT2D eigenvalue weighted by Gasteiger charge is -2.33. The zero-order valence-corrected chi connectivity index (χ0v) is 22.2. The van der Waals surface area contributed by atoms with Gasteiger partial charge < -0.3 is 10.2 Å². The Morgan fingerprint density at radius 3 is 2.21 bits per heavy atom. The highest BCUT2D eigenvalue weighted by Crippen LogP contribution is 2.27. The number of rotatable bonds is 11. The lowest BCUT2D eigenvalue weighted by molar-refractivity contribution is -0.140. The van der Waals surface area contributed by atoms with E-state index >= 15 is 0 Å². The Balaban J connectivity index is 2.45. The van der Waals surface area contributed by atoms with Crippen molar-refractivity contribution in [1.82, 2.24) is 10.2 Å². The molecular weight excluding hydrogens is 497 g/mol. The van der Waals surface area contributed by atoms with E-state index in [1.165, 1.54) is 11.0 Å². The van der Waals surface area contributed by atoms with Gasteiger partial charge in [0.05, 0.1) is 11.9 Å². The van der Waals surface area contributed by atoms with Gasteiger partial charge in [-0.2, -0.15) is 0 Å². The van der Waals surface area contributed by atoms with Gasteiger partial charge in [-0.05, 0) is 55.2 Å². The van der Waals surface area contributed by atoms with Crippen LogP contribution >= 0.6 is 23.2 Å². The van der Waals surface area contributed by atoms with Gasteiger partial charge in [-0.25, -0.2) is 8.42 Å². The Hall–Kier alpha value is -2.29. The first-order chi connectivity index (χ1) is 16.0. The van der Waals surface area contributed by atoms with Gasteiger partial charge in [0.25, 0.3) is 0 Å². The molecule has 0 radical (unpaired) electrons. The van der Waals surface area contributed by atoms with Crippen LogP contribution in [0.15, 0.2) is 42.5 Å². The molecule has 0 aromatic heterocycles. The van der Waals surface area contributed by atoms with E-state index in [4.69, 9.17) is 23.2 Å². The fourth-order valence-corrected chi connectivity index (χ4v) is 4.71. The molecule has 0 fully saturated rings. The highest BCUT2D eigenvalue weighted by Gasteiger charge is 2.32. The molecule has 0 aliphatic heterocycles. The Morgan fingerprint density at radius 2 is 1.65 bits per heavy atom. The molecule has 34 heavy (non-hydrogen) atoms. The number of hydrogen-bond donors (Lipinski definition) is 1. The highest BCUT2D eigenvalue weighted by atomic mass is 35.5. The molecule has 2 aromatic rings. The predicted molar refractivity (Wildman–Crippen MR) is 138 cm³/mol. The molecule has 2 amide bonds. The number of halogens is 2. The number of aryl methyl sites for hydroxylation is 1. The summed E-state index contributed by atoms with van der Waals surface area (Å²) in [6, 6.07) is 11.0. The normalized spacial score (nSPS) is 12.2. The zero-order valence-electron chi connectivity index (χ0n) is 19.8. The van der Waals surface area contributed by atoms with Crippen LogP contribution in [0, 0.1) is 6.92 Å². The second-order valence-electron chi connectivity index (χ2n) is 8.06. The third-order valence-electron chi connectivity index (χ3n) is 5.32. The van der Waals surface area contributed by atoms with E-state index in [1.54, 1.807) is 43.3 Å². The smallest absolute Gasteiger partial charge is 0.244 e. The van der Waals surface area contributed by atoms with Gasteiger partial charge in [0.2, 0.25) is 21.8 Å². The van der Waals surface area contributed by atoms with Crippen molar-refractivity contribution >= 4 is 50.7 Å². The van der Waals surface area contributed by atoms with Crippen molar-refractivity contribution in [2.24, 2.45) is 0 Å². The molecule has 0 aliphatic rings. The highest BCUT2D eigenvalue weighted by molar-refractivity contribution is 7.92. The first kappa shape index (κ1) is 28.0. The Bertz CT molecular complexity index is 1110. The fraction of sp³-hybridized carbons (Fsp3) is 0.417. The third kappa shape index (κ3) is 7.61. The molecule has 10 heteroatoms. The topological polar surface area (TPSA) is 86.8 Å². The van der Waals surface area contributed by atoms with Gasteiger partial charge >= 0.3 is 0 Å². The van der Waals surface area contributed by atoms with Gasteiger partial charge in [-0.15, -0.1) is 0 Å². The van der Waals surface area contributed by atoms with Crippen LogP contribution in [0.4, 0.5) is 5.69 Å². The van der Waals surface area contributed by atoms with Crippen molar-refractivity contribution in [3.8, 4) is 0 Å². The number of carbonyl (C=O) groups is 2. The van der Waals surface area contributed by atoms with Gasteiger partial charge in [0, 0.05) is 23.1 Å². The first-order valence-electron chi connectivity index (χ1n) is 11.0. The molecule has 0 saturated heterocycles. The second-order valence-corrected chi connectivity index (χ2v) is 10.8. The van der Waals surface area contributed by atoms with Crippen LogP contribution in [0.2, 0.25) is 10.0 Å². The summed E-state index contributed by atoms with van der Waals surface area (Å²) in [6.07, 6.45) is 2.16. The molecule has 0 bridgehead atoms. The van der Waals surface area contributed by atoms with Gasteiger partial charge in [0.1, 0.15) is 12.6 Å². The molecule has 0 aliphatic carbocycles. The lowest BCUT2D eigenvalue weighted by atomic mass is 10.1. The molecule has 0 saturated carbocycles. The molecule has 0 unspecified atom stereocenters. The maximum Gasteiger partial charge on any atom is 0.244 e. The van der Waals surface area contributed by atoms with Gasteiger partial charge in [-0.3, -0.25) is 13.9 Å². The number of nitrogens with zero attached hydrogens (tertiary/aromatic N) is 2. The Kier molecular flexibility index (Phi) is 10.2. The molecule has 7 nitrogen and oxygen atoms in total. The van der Waals surface area contributed by atoms with E-state index in [2.05, 4.69) is 5.32 Å². The summed E-state index contributed by atoms with van der Waals surface area (Å²) in [5, 5.41) is 3.74. The Labute approximate surface area is 212 Å². The quantitative estimate of drug-likeness (QED) is 0.469. The van der Waals surface area contributed by atoms with Gasteiger partial charge in [0.15, 0.2) is 0 Å². The van der Waals surface area contributed by atoms with Crippen LogP contribution in [0.1, 0.15) is 37.8 Å². The number of nitrogens with one attached hydrogen (secondary N) is 1. The third-order valence-corrected chi connectivity index (χ3v) is 6.93. The zero-order chi connectivity index (χ0) is 25.5. The van der Waals surface area contributed by atoms with E-state index in [0.29, 0.717) is 34.3 Å². The number of benzene rings is 2. The maximum atomic E-state index is 13.6. The minimum Gasteiger partial charge on any atom is -0.354 e.